The molecule has 0 radical (unpaired) electrons. The summed E-state index contributed by atoms with van der Waals surface area (Å²) in [5, 5.41) is 13.1. The zero-order chi connectivity index (χ0) is 9.73. The fourth-order valence-electron chi connectivity index (χ4n) is 1.55. The van der Waals surface area contributed by atoms with Crippen LogP contribution in [0.5, 0.6) is 0 Å². The Labute approximate surface area is 90.4 Å². The first-order valence-electron chi connectivity index (χ1n) is 4.75. The minimum Gasteiger partial charge on any atom is -0.466 e. The maximum atomic E-state index is 11.1. The molecule has 5 heteroatoms. The molecular weight excluding hydrogens is 206 g/mol. The zero-order valence-electron chi connectivity index (χ0n) is 8.41. The van der Waals surface area contributed by atoms with E-state index in [1.54, 1.807) is 6.92 Å². The number of halogens is 1. The number of hydrogen-bond acceptors (Lipinski definition) is 4. The number of aliphatic hydroxyl groups is 1. The van der Waals surface area contributed by atoms with Gasteiger partial charge in [0, 0.05) is 0 Å². The lowest BCUT2D eigenvalue weighted by molar-refractivity contribution is -0.149. The predicted octanol–water partition coefficient (Wildman–Crippen LogP) is 0.476. The Hall–Kier alpha value is -0.320. The van der Waals surface area contributed by atoms with Crippen molar-refractivity contribution in [3.63, 3.8) is 0 Å². The third-order valence-electron chi connectivity index (χ3n) is 2.31. The smallest absolute Gasteiger partial charge is 0.308 e. The number of esters is 1. The summed E-state index contributed by atoms with van der Waals surface area (Å²) in [6, 6.07) is 0. The monoisotopic (exact) mass is 223 g/mol. The van der Waals surface area contributed by atoms with Gasteiger partial charge in [-0.1, -0.05) is 0 Å². The molecule has 4 nitrogen and oxygen atoms in total. The molecule has 1 saturated heterocycles. The van der Waals surface area contributed by atoms with Crippen molar-refractivity contribution in [2.75, 3.05) is 19.7 Å². The number of rotatable bonds is 3. The van der Waals surface area contributed by atoms with Crippen LogP contribution in [0.3, 0.4) is 0 Å². The lowest BCUT2D eigenvalue weighted by Gasteiger charge is -2.31. The van der Waals surface area contributed by atoms with E-state index in [2.05, 4.69) is 5.32 Å². The summed E-state index contributed by atoms with van der Waals surface area (Å²) in [4.78, 5) is 11.1. The van der Waals surface area contributed by atoms with Crippen molar-refractivity contribution >= 4 is 18.4 Å². The van der Waals surface area contributed by atoms with Gasteiger partial charge in [-0.25, -0.2) is 0 Å². The van der Waals surface area contributed by atoms with E-state index in [0.29, 0.717) is 19.4 Å². The van der Waals surface area contributed by atoms with Crippen LogP contribution in [0.2, 0.25) is 0 Å². The molecule has 0 bridgehead atoms. The lowest BCUT2D eigenvalue weighted by Crippen LogP contribution is -2.43. The number of piperidine rings is 1. The lowest BCUT2D eigenvalue weighted by atomic mass is 9.89. The number of carbonyl (C=O) groups excluding carboxylic acids is 1. The minimum atomic E-state index is -0.836. The van der Waals surface area contributed by atoms with Crippen LogP contribution in [0.15, 0.2) is 0 Å². The number of ether oxygens (including phenoxy) is 1. The Morgan fingerprint density at radius 1 is 1.50 bits per heavy atom. The van der Waals surface area contributed by atoms with Crippen LogP contribution in [-0.4, -0.2) is 36.4 Å². The summed E-state index contributed by atoms with van der Waals surface area (Å²) in [7, 11) is 0. The van der Waals surface area contributed by atoms with Crippen molar-refractivity contribution in [1.29, 1.82) is 0 Å². The van der Waals surface area contributed by atoms with E-state index >= 15 is 0 Å². The van der Waals surface area contributed by atoms with Gasteiger partial charge in [-0.15, -0.1) is 12.4 Å². The molecule has 0 aromatic heterocycles. The first-order chi connectivity index (χ1) is 6.16. The SMILES string of the molecule is CCOC(=O)CC1(O)CCNCC1.Cl. The largest absolute Gasteiger partial charge is 0.466 e. The van der Waals surface area contributed by atoms with E-state index in [-0.39, 0.29) is 24.8 Å². The molecule has 1 heterocycles. The van der Waals surface area contributed by atoms with Gasteiger partial charge in [-0.3, -0.25) is 4.79 Å². The predicted molar refractivity (Wildman–Crippen MR) is 55.6 cm³/mol. The van der Waals surface area contributed by atoms with Crippen molar-refractivity contribution in [1.82, 2.24) is 5.32 Å². The average molecular weight is 224 g/mol. The molecule has 0 saturated carbocycles. The van der Waals surface area contributed by atoms with Gasteiger partial charge in [0.15, 0.2) is 0 Å². The van der Waals surface area contributed by atoms with Crippen molar-refractivity contribution in [2.45, 2.75) is 31.8 Å². The summed E-state index contributed by atoms with van der Waals surface area (Å²) in [5.41, 5.74) is -0.836. The molecule has 1 fully saturated rings. The Morgan fingerprint density at radius 2 is 2.07 bits per heavy atom. The Balaban J connectivity index is 0.00000169. The van der Waals surface area contributed by atoms with E-state index in [9.17, 15) is 9.90 Å². The third-order valence-corrected chi connectivity index (χ3v) is 2.31. The zero-order valence-corrected chi connectivity index (χ0v) is 9.23. The van der Waals surface area contributed by atoms with Crippen molar-refractivity contribution in [3.8, 4) is 0 Å². The van der Waals surface area contributed by atoms with E-state index in [1.165, 1.54) is 0 Å². The number of carbonyl (C=O) groups is 1. The van der Waals surface area contributed by atoms with E-state index < -0.39 is 5.60 Å². The Bertz CT molecular complexity index is 181. The van der Waals surface area contributed by atoms with E-state index in [1.807, 2.05) is 0 Å². The van der Waals surface area contributed by atoms with Gasteiger partial charge < -0.3 is 15.2 Å². The van der Waals surface area contributed by atoms with Gasteiger partial charge in [-0.05, 0) is 32.9 Å². The quantitative estimate of drug-likeness (QED) is 0.684. The van der Waals surface area contributed by atoms with Crippen LogP contribution in [0.1, 0.15) is 26.2 Å². The highest BCUT2D eigenvalue weighted by molar-refractivity contribution is 5.85. The van der Waals surface area contributed by atoms with Crippen molar-refractivity contribution in [2.24, 2.45) is 0 Å². The molecule has 14 heavy (non-hydrogen) atoms. The van der Waals surface area contributed by atoms with Crippen LogP contribution in [0.25, 0.3) is 0 Å². The summed E-state index contributed by atoms with van der Waals surface area (Å²) >= 11 is 0. The highest BCUT2D eigenvalue weighted by Crippen LogP contribution is 2.22. The molecule has 84 valence electrons. The fraction of sp³-hybridized carbons (Fsp3) is 0.889. The second-order valence-electron chi connectivity index (χ2n) is 3.46. The first-order valence-corrected chi connectivity index (χ1v) is 4.75. The van der Waals surface area contributed by atoms with Gasteiger partial charge in [0.05, 0.1) is 18.6 Å². The highest BCUT2D eigenvalue weighted by atomic mass is 35.5. The molecule has 1 aliphatic heterocycles. The highest BCUT2D eigenvalue weighted by Gasteiger charge is 2.32. The summed E-state index contributed by atoms with van der Waals surface area (Å²) < 4.78 is 4.79. The average Bonchev–Trinajstić information content (AvgIpc) is 2.04. The van der Waals surface area contributed by atoms with Gasteiger partial charge in [0.1, 0.15) is 0 Å². The van der Waals surface area contributed by atoms with Gasteiger partial charge in [-0.2, -0.15) is 0 Å². The first kappa shape index (κ1) is 13.7. The molecule has 1 rings (SSSR count). The molecular formula is C9H18ClNO3. The van der Waals surface area contributed by atoms with Crippen molar-refractivity contribution < 1.29 is 14.6 Å². The van der Waals surface area contributed by atoms with E-state index in [0.717, 1.165) is 13.1 Å². The molecule has 0 spiro atoms. The maximum Gasteiger partial charge on any atom is 0.308 e. The second kappa shape index (κ2) is 6.22. The van der Waals surface area contributed by atoms with E-state index in [4.69, 9.17) is 4.74 Å². The molecule has 0 atom stereocenters. The number of nitrogens with one attached hydrogen (secondary N) is 1. The fourth-order valence-corrected chi connectivity index (χ4v) is 1.55. The molecule has 2 N–H and O–H groups in total. The third kappa shape index (κ3) is 4.26. The molecule has 1 aliphatic rings. The molecule has 0 aliphatic carbocycles. The summed E-state index contributed by atoms with van der Waals surface area (Å²) in [6.45, 7) is 3.70. The molecule has 0 amide bonds. The standard InChI is InChI=1S/C9H17NO3.ClH/c1-2-13-8(11)7-9(12)3-5-10-6-4-9;/h10,12H,2-7H2,1H3;1H. The van der Waals surface area contributed by atoms with Crippen LogP contribution in [0, 0.1) is 0 Å². The van der Waals surface area contributed by atoms with Gasteiger partial charge >= 0.3 is 5.97 Å². The van der Waals surface area contributed by atoms with Crippen LogP contribution >= 0.6 is 12.4 Å². The molecule has 0 unspecified atom stereocenters. The Kier molecular flexibility index (Phi) is 6.08. The molecule has 0 aromatic carbocycles. The molecule has 0 aromatic rings. The summed E-state index contributed by atoms with van der Waals surface area (Å²) in [6.07, 6.45) is 1.39. The van der Waals surface area contributed by atoms with Crippen LogP contribution in [-0.2, 0) is 9.53 Å². The van der Waals surface area contributed by atoms with Gasteiger partial charge in [0.25, 0.3) is 0 Å². The normalized spacial score (nSPS) is 19.6. The maximum absolute atomic E-state index is 11.1. The van der Waals surface area contributed by atoms with Crippen LogP contribution in [0.4, 0.5) is 0 Å². The summed E-state index contributed by atoms with van der Waals surface area (Å²) in [5.74, 6) is -0.299. The minimum absolute atomic E-state index is 0. The van der Waals surface area contributed by atoms with Crippen molar-refractivity contribution in [3.05, 3.63) is 0 Å². The number of hydrogen-bond donors (Lipinski definition) is 2. The Morgan fingerprint density at radius 3 is 2.57 bits per heavy atom. The topological polar surface area (TPSA) is 58.6 Å². The second-order valence-corrected chi connectivity index (χ2v) is 3.46. The van der Waals surface area contributed by atoms with Gasteiger partial charge in [0.2, 0.25) is 0 Å². The van der Waals surface area contributed by atoms with Crippen LogP contribution < -0.4 is 5.32 Å².